The van der Waals surface area contributed by atoms with E-state index in [1.807, 2.05) is 39.8 Å². The minimum Gasteiger partial charge on any atom is -0.510 e. The van der Waals surface area contributed by atoms with Gasteiger partial charge in [-0.3, -0.25) is 14.4 Å². The fourth-order valence-corrected chi connectivity index (χ4v) is 6.90. The topological polar surface area (TPSA) is 112 Å². The SMILES string of the molecule is CC(C)=CCC1(CC=C(C)C)C(=O)C(C(=O)C(C)C)=C(O)C2(CC3C(CCC3(C)O)C(C)(O)C2)C1=O. The van der Waals surface area contributed by atoms with E-state index >= 15 is 0 Å². The lowest BCUT2D eigenvalue weighted by molar-refractivity contribution is -0.168. The van der Waals surface area contributed by atoms with Crippen LogP contribution in [0, 0.1) is 28.6 Å². The first-order valence-electron chi connectivity index (χ1n) is 13.2. The fourth-order valence-electron chi connectivity index (χ4n) is 6.90. The maximum atomic E-state index is 14.7. The number of aliphatic hydroxyl groups excluding tert-OH is 1. The molecule has 0 aromatic heterocycles. The molecule has 200 valence electrons. The molecule has 6 nitrogen and oxygen atoms in total. The molecule has 6 heteroatoms. The zero-order valence-corrected chi connectivity index (χ0v) is 23.2. The number of carbonyl (C=O) groups excluding carboxylic acids is 3. The first-order chi connectivity index (χ1) is 16.4. The maximum absolute atomic E-state index is 14.7. The summed E-state index contributed by atoms with van der Waals surface area (Å²) in [6.07, 6.45) is 4.99. The quantitative estimate of drug-likeness (QED) is 0.263. The number of ketones is 3. The van der Waals surface area contributed by atoms with Gasteiger partial charge in [0, 0.05) is 5.92 Å². The van der Waals surface area contributed by atoms with Crippen LogP contribution in [-0.2, 0) is 14.4 Å². The molecule has 0 aromatic carbocycles. The van der Waals surface area contributed by atoms with Crippen LogP contribution >= 0.6 is 0 Å². The van der Waals surface area contributed by atoms with Gasteiger partial charge in [0.15, 0.2) is 17.3 Å². The molecule has 5 atom stereocenters. The molecule has 3 aliphatic carbocycles. The van der Waals surface area contributed by atoms with E-state index in [0.29, 0.717) is 12.8 Å². The van der Waals surface area contributed by atoms with E-state index in [1.54, 1.807) is 27.7 Å². The van der Waals surface area contributed by atoms with Crippen molar-refractivity contribution in [2.75, 3.05) is 0 Å². The van der Waals surface area contributed by atoms with Gasteiger partial charge in [0.05, 0.1) is 16.6 Å². The summed E-state index contributed by atoms with van der Waals surface area (Å²) in [6.45, 7) is 14.3. The molecule has 0 heterocycles. The lowest BCUT2D eigenvalue weighted by Crippen LogP contribution is -2.62. The van der Waals surface area contributed by atoms with Crippen molar-refractivity contribution in [1.82, 2.24) is 0 Å². The van der Waals surface area contributed by atoms with E-state index in [4.69, 9.17) is 0 Å². The van der Waals surface area contributed by atoms with E-state index in [1.165, 1.54) is 0 Å². The van der Waals surface area contributed by atoms with Crippen molar-refractivity contribution in [3.63, 3.8) is 0 Å². The molecule has 3 N–H and O–H groups in total. The van der Waals surface area contributed by atoms with E-state index < -0.39 is 57.0 Å². The summed E-state index contributed by atoms with van der Waals surface area (Å²) in [7, 11) is 0. The van der Waals surface area contributed by atoms with Crippen molar-refractivity contribution in [2.45, 2.75) is 105 Å². The Hall–Kier alpha value is -2.05. The summed E-state index contributed by atoms with van der Waals surface area (Å²) in [5.74, 6) is -3.36. The van der Waals surface area contributed by atoms with Gasteiger partial charge in [-0.2, -0.15) is 0 Å². The Balaban J connectivity index is 2.37. The number of aliphatic hydroxyl groups is 3. The average molecular weight is 501 g/mol. The smallest absolute Gasteiger partial charge is 0.184 e. The predicted molar refractivity (Wildman–Crippen MR) is 139 cm³/mol. The largest absolute Gasteiger partial charge is 0.510 e. The van der Waals surface area contributed by atoms with E-state index in [9.17, 15) is 29.7 Å². The van der Waals surface area contributed by atoms with Gasteiger partial charge in [-0.05, 0) is 91.9 Å². The Morgan fingerprint density at radius 3 is 1.97 bits per heavy atom. The first kappa shape index (κ1) is 28.5. The maximum Gasteiger partial charge on any atom is 0.184 e. The molecule has 2 saturated carbocycles. The van der Waals surface area contributed by atoms with E-state index in [2.05, 4.69) is 0 Å². The molecule has 0 aliphatic heterocycles. The van der Waals surface area contributed by atoms with Crippen molar-refractivity contribution in [2.24, 2.45) is 28.6 Å². The number of fused-ring (bicyclic) bond motifs is 1. The van der Waals surface area contributed by atoms with Gasteiger partial charge in [-0.25, -0.2) is 0 Å². The van der Waals surface area contributed by atoms with Gasteiger partial charge in [-0.1, -0.05) is 37.1 Å². The van der Waals surface area contributed by atoms with Gasteiger partial charge < -0.3 is 15.3 Å². The lowest BCUT2D eigenvalue weighted by Gasteiger charge is -2.55. The van der Waals surface area contributed by atoms with Crippen LogP contribution in [0.4, 0.5) is 0 Å². The van der Waals surface area contributed by atoms with E-state index in [-0.39, 0.29) is 37.2 Å². The molecule has 5 unspecified atom stereocenters. The molecule has 0 saturated heterocycles. The average Bonchev–Trinajstić information content (AvgIpc) is 3.07. The molecular formula is C30H44O6. The van der Waals surface area contributed by atoms with Crippen LogP contribution in [0.15, 0.2) is 34.6 Å². The molecule has 1 spiro atoms. The minimum atomic E-state index is -1.63. The van der Waals surface area contributed by atoms with Crippen LogP contribution in [-0.4, -0.2) is 43.9 Å². The van der Waals surface area contributed by atoms with Crippen molar-refractivity contribution in [1.29, 1.82) is 0 Å². The lowest BCUT2D eigenvalue weighted by atomic mass is 9.48. The summed E-state index contributed by atoms with van der Waals surface area (Å²) < 4.78 is 0. The van der Waals surface area contributed by atoms with Gasteiger partial charge in [0.1, 0.15) is 16.7 Å². The third-order valence-electron chi connectivity index (χ3n) is 8.98. The van der Waals surface area contributed by atoms with Crippen molar-refractivity contribution < 1.29 is 29.7 Å². The Bertz CT molecular complexity index is 1030. The van der Waals surface area contributed by atoms with Gasteiger partial charge in [0.25, 0.3) is 0 Å². The second-order valence-corrected chi connectivity index (χ2v) is 12.9. The van der Waals surface area contributed by atoms with Gasteiger partial charge in [0.2, 0.25) is 0 Å². The third kappa shape index (κ3) is 4.45. The highest BCUT2D eigenvalue weighted by Gasteiger charge is 2.69. The van der Waals surface area contributed by atoms with Crippen LogP contribution in [0.1, 0.15) is 93.9 Å². The Kier molecular flexibility index (Phi) is 7.41. The highest BCUT2D eigenvalue weighted by Crippen LogP contribution is 2.63. The summed E-state index contributed by atoms with van der Waals surface area (Å²) in [5, 5.41) is 34.6. The van der Waals surface area contributed by atoms with Crippen LogP contribution < -0.4 is 0 Å². The zero-order valence-electron chi connectivity index (χ0n) is 23.2. The highest BCUT2D eigenvalue weighted by molar-refractivity contribution is 6.31. The van der Waals surface area contributed by atoms with Gasteiger partial charge in [-0.15, -0.1) is 0 Å². The molecule has 3 aliphatic rings. The van der Waals surface area contributed by atoms with Crippen molar-refractivity contribution in [3.8, 4) is 0 Å². The number of carbonyl (C=O) groups is 3. The van der Waals surface area contributed by atoms with Gasteiger partial charge >= 0.3 is 0 Å². The molecule has 0 bridgehead atoms. The summed E-state index contributed by atoms with van der Waals surface area (Å²) in [6, 6.07) is 0. The Morgan fingerprint density at radius 2 is 1.50 bits per heavy atom. The molecule has 3 rings (SSSR count). The highest BCUT2D eigenvalue weighted by atomic mass is 16.3. The van der Waals surface area contributed by atoms with Crippen LogP contribution in [0.2, 0.25) is 0 Å². The first-order valence-corrected chi connectivity index (χ1v) is 13.2. The summed E-state index contributed by atoms with van der Waals surface area (Å²) in [4.78, 5) is 42.3. The van der Waals surface area contributed by atoms with E-state index in [0.717, 1.165) is 11.1 Å². The molecule has 2 fully saturated rings. The molecule has 0 aromatic rings. The van der Waals surface area contributed by atoms with Crippen LogP contribution in [0.3, 0.4) is 0 Å². The monoisotopic (exact) mass is 500 g/mol. The number of hydrogen-bond donors (Lipinski definition) is 3. The minimum absolute atomic E-state index is 0.0878. The van der Waals surface area contributed by atoms with Crippen LogP contribution in [0.5, 0.6) is 0 Å². The van der Waals surface area contributed by atoms with Crippen molar-refractivity contribution in [3.05, 3.63) is 34.6 Å². The number of allylic oxidation sites excluding steroid dienone is 6. The Labute approximate surface area is 215 Å². The Morgan fingerprint density at radius 1 is 0.972 bits per heavy atom. The molecular weight excluding hydrogens is 456 g/mol. The summed E-state index contributed by atoms with van der Waals surface area (Å²) >= 11 is 0. The number of Topliss-reactive ketones (excluding diaryl/α,β-unsaturated/α-hetero) is 3. The van der Waals surface area contributed by atoms with Crippen LogP contribution in [0.25, 0.3) is 0 Å². The molecule has 0 amide bonds. The van der Waals surface area contributed by atoms with Crippen molar-refractivity contribution >= 4 is 17.3 Å². The summed E-state index contributed by atoms with van der Waals surface area (Å²) in [5.41, 5.74) is -4.13. The predicted octanol–water partition coefficient (Wildman–Crippen LogP) is 5.18. The second kappa shape index (κ2) is 9.36. The fraction of sp³-hybridized carbons (Fsp3) is 0.700. The molecule has 36 heavy (non-hydrogen) atoms. The third-order valence-corrected chi connectivity index (χ3v) is 8.98. The number of rotatable bonds is 6. The normalized spacial score (nSPS) is 35.8. The molecule has 0 radical (unpaired) electrons. The zero-order chi connectivity index (χ0) is 27.4. The standard InChI is InChI=1S/C30H44O6/c1-17(2)9-13-29(14-10-18(3)4)24(32)22(23(31)19(5)6)25(33)30(26(29)34)15-21-20(28(8,36)16-30)11-12-27(21,7)35/h9-10,19-21,33,35-36H,11-16H2,1-8H3. The second-order valence-electron chi connectivity index (χ2n) is 12.9. The number of hydrogen-bond acceptors (Lipinski definition) is 6.